The summed E-state index contributed by atoms with van der Waals surface area (Å²) in [5.74, 6) is -0.566. The van der Waals surface area contributed by atoms with E-state index in [1.54, 1.807) is 12.1 Å². The minimum atomic E-state index is -0.672. The van der Waals surface area contributed by atoms with Crippen LogP contribution in [0.25, 0.3) is 0 Å². The molecular formula is C9H7N3O2. The van der Waals surface area contributed by atoms with Gasteiger partial charge in [-0.3, -0.25) is 9.59 Å². The summed E-state index contributed by atoms with van der Waals surface area (Å²) in [6, 6.07) is 3.29. The van der Waals surface area contributed by atoms with Crippen LogP contribution in [0.5, 0.6) is 0 Å². The Balaban J connectivity index is 2.56. The first kappa shape index (κ1) is 8.55. The third kappa shape index (κ3) is 1.28. The summed E-state index contributed by atoms with van der Waals surface area (Å²) in [5, 5.41) is 0. The predicted octanol–water partition coefficient (Wildman–Crippen LogP) is 0.226. The fraction of sp³-hybridized carbons (Fsp3) is 0.111. The van der Waals surface area contributed by atoms with Crippen molar-refractivity contribution in [1.29, 1.82) is 0 Å². The molecular weight excluding hydrogens is 182 g/mol. The van der Waals surface area contributed by atoms with Gasteiger partial charge in [-0.05, 0) is 12.1 Å². The largest absolute Gasteiger partial charge is 0.365 e. The second kappa shape index (κ2) is 3.02. The van der Waals surface area contributed by atoms with Crippen molar-refractivity contribution in [1.82, 2.24) is 4.98 Å². The van der Waals surface area contributed by atoms with Crippen LogP contribution in [-0.2, 0) is 4.79 Å². The van der Waals surface area contributed by atoms with Gasteiger partial charge in [0.2, 0.25) is 0 Å². The second-order valence-electron chi connectivity index (χ2n) is 2.90. The zero-order valence-electron chi connectivity index (χ0n) is 7.23. The molecule has 1 aromatic rings. The number of primary amides is 1. The molecule has 2 N–H and O–H groups in total. The van der Waals surface area contributed by atoms with E-state index in [4.69, 9.17) is 5.73 Å². The number of carbonyl (C=O) groups is 2. The number of nitrogens with two attached hydrogens (primary N) is 1. The predicted molar refractivity (Wildman–Crippen MR) is 49.5 cm³/mol. The van der Waals surface area contributed by atoms with Gasteiger partial charge in [-0.25, -0.2) is 9.98 Å². The maximum Gasteiger partial charge on any atom is 0.263 e. The maximum absolute atomic E-state index is 11.5. The molecule has 2 heterocycles. The Bertz CT molecular complexity index is 451. The summed E-state index contributed by atoms with van der Waals surface area (Å²) in [5.41, 5.74) is 5.55. The molecule has 0 bridgehead atoms. The van der Waals surface area contributed by atoms with Crippen LogP contribution >= 0.6 is 0 Å². The Morgan fingerprint density at radius 1 is 1.50 bits per heavy atom. The number of aliphatic imine (C=N–C) groups is 1. The number of amides is 1. The lowest BCUT2D eigenvalue weighted by Crippen LogP contribution is -2.27. The number of Topliss-reactive ketones (excluding diaryl/α,β-unsaturated/α-hetero) is 1. The van der Waals surface area contributed by atoms with Crippen molar-refractivity contribution in [2.24, 2.45) is 10.7 Å². The number of hydrogen-bond acceptors (Lipinski definition) is 4. The Morgan fingerprint density at radius 3 is 3.00 bits per heavy atom. The smallest absolute Gasteiger partial charge is 0.263 e. The highest BCUT2D eigenvalue weighted by atomic mass is 16.1. The minimum Gasteiger partial charge on any atom is -0.365 e. The molecule has 0 aromatic carbocycles. The fourth-order valence-electron chi connectivity index (χ4n) is 1.26. The molecule has 70 valence electrons. The lowest BCUT2D eigenvalue weighted by molar-refractivity contribution is -0.112. The van der Waals surface area contributed by atoms with Crippen molar-refractivity contribution in [3.8, 4) is 0 Å². The molecule has 0 fully saturated rings. The first-order valence-corrected chi connectivity index (χ1v) is 4.04. The number of carbonyl (C=O) groups excluding carboxylic acids is 2. The van der Waals surface area contributed by atoms with Crippen LogP contribution in [0.1, 0.15) is 16.8 Å². The average molecular weight is 189 g/mol. The lowest BCUT2D eigenvalue weighted by Gasteiger charge is -2.10. The van der Waals surface area contributed by atoms with Gasteiger partial charge in [-0.2, -0.15) is 0 Å². The first-order valence-electron chi connectivity index (χ1n) is 4.04. The van der Waals surface area contributed by atoms with Crippen LogP contribution in [0.2, 0.25) is 0 Å². The van der Waals surface area contributed by atoms with Crippen LogP contribution in [0.4, 0.5) is 5.82 Å². The summed E-state index contributed by atoms with van der Waals surface area (Å²) in [6.07, 6.45) is 1.48. The minimum absolute atomic E-state index is 0.0337. The second-order valence-corrected chi connectivity index (χ2v) is 2.90. The number of ketones is 1. The number of fused-ring (bicyclic) bond motifs is 1. The van der Waals surface area contributed by atoms with Gasteiger partial charge in [0.15, 0.2) is 11.6 Å². The van der Waals surface area contributed by atoms with Crippen LogP contribution < -0.4 is 5.73 Å². The van der Waals surface area contributed by atoms with Gasteiger partial charge >= 0.3 is 0 Å². The van der Waals surface area contributed by atoms with Crippen molar-refractivity contribution in [3.05, 3.63) is 23.9 Å². The SMILES string of the molecule is NC(=O)C1=Nc2ncccc2C(=O)C1. The monoisotopic (exact) mass is 189 g/mol. The molecule has 1 aromatic heterocycles. The van der Waals surface area contributed by atoms with Gasteiger partial charge in [-0.15, -0.1) is 0 Å². The summed E-state index contributed by atoms with van der Waals surface area (Å²) >= 11 is 0. The van der Waals surface area contributed by atoms with Crippen LogP contribution in [-0.4, -0.2) is 22.4 Å². The fourth-order valence-corrected chi connectivity index (χ4v) is 1.26. The first-order chi connectivity index (χ1) is 6.68. The molecule has 5 heteroatoms. The third-order valence-corrected chi connectivity index (χ3v) is 1.94. The molecule has 1 aliphatic rings. The van der Waals surface area contributed by atoms with E-state index in [-0.39, 0.29) is 23.7 Å². The number of aromatic nitrogens is 1. The van der Waals surface area contributed by atoms with E-state index in [2.05, 4.69) is 9.98 Å². The topological polar surface area (TPSA) is 85.4 Å². The zero-order valence-corrected chi connectivity index (χ0v) is 7.23. The van der Waals surface area contributed by atoms with E-state index in [1.165, 1.54) is 6.20 Å². The summed E-state index contributed by atoms with van der Waals surface area (Å²) in [7, 11) is 0. The molecule has 2 rings (SSSR count). The molecule has 1 aliphatic heterocycles. The summed E-state index contributed by atoms with van der Waals surface area (Å²) < 4.78 is 0. The van der Waals surface area contributed by atoms with Crippen molar-refractivity contribution < 1.29 is 9.59 Å². The normalized spacial score (nSPS) is 14.6. The Kier molecular flexibility index (Phi) is 1.85. The van der Waals surface area contributed by atoms with Gasteiger partial charge < -0.3 is 5.73 Å². The van der Waals surface area contributed by atoms with Gasteiger partial charge in [0, 0.05) is 6.20 Å². The number of pyridine rings is 1. The van der Waals surface area contributed by atoms with Gasteiger partial charge in [0.1, 0.15) is 5.71 Å². The van der Waals surface area contributed by atoms with Crippen LogP contribution in [0, 0.1) is 0 Å². The molecule has 0 spiro atoms. The third-order valence-electron chi connectivity index (χ3n) is 1.94. The highest BCUT2D eigenvalue weighted by Gasteiger charge is 2.22. The molecule has 14 heavy (non-hydrogen) atoms. The van der Waals surface area contributed by atoms with Gasteiger partial charge in [0.05, 0.1) is 12.0 Å². The molecule has 0 unspecified atom stereocenters. The van der Waals surface area contributed by atoms with Gasteiger partial charge in [-0.1, -0.05) is 0 Å². The van der Waals surface area contributed by atoms with E-state index in [0.29, 0.717) is 5.56 Å². The standard InChI is InChI=1S/C9H7N3O2/c10-8(14)6-4-7(13)5-2-1-3-11-9(5)12-6/h1-3H,4H2,(H2,10,14). The average Bonchev–Trinajstić information content (AvgIpc) is 2.17. The van der Waals surface area contributed by atoms with Crippen molar-refractivity contribution in [2.45, 2.75) is 6.42 Å². The molecule has 0 saturated carbocycles. The van der Waals surface area contributed by atoms with Crippen molar-refractivity contribution >= 4 is 23.2 Å². The van der Waals surface area contributed by atoms with E-state index < -0.39 is 5.91 Å². The summed E-state index contributed by atoms with van der Waals surface area (Å²) in [4.78, 5) is 30.1. The zero-order chi connectivity index (χ0) is 10.1. The van der Waals surface area contributed by atoms with Crippen LogP contribution in [0.15, 0.2) is 23.3 Å². The highest BCUT2D eigenvalue weighted by molar-refractivity contribution is 6.44. The highest BCUT2D eigenvalue weighted by Crippen LogP contribution is 2.22. The Hall–Kier alpha value is -2.04. The molecule has 0 radical (unpaired) electrons. The van der Waals surface area contributed by atoms with Gasteiger partial charge in [0.25, 0.3) is 5.91 Å². The molecule has 0 aliphatic carbocycles. The van der Waals surface area contributed by atoms with E-state index in [1.807, 2.05) is 0 Å². The molecule has 1 amide bonds. The van der Waals surface area contributed by atoms with Crippen LogP contribution in [0.3, 0.4) is 0 Å². The maximum atomic E-state index is 11.5. The number of nitrogens with zero attached hydrogens (tertiary/aromatic N) is 2. The van der Waals surface area contributed by atoms with E-state index in [0.717, 1.165) is 0 Å². The van der Waals surface area contributed by atoms with E-state index in [9.17, 15) is 9.59 Å². The Morgan fingerprint density at radius 2 is 2.29 bits per heavy atom. The van der Waals surface area contributed by atoms with Crippen molar-refractivity contribution in [2.75, 3.05) is 0 Å². The number of hydrogen-bond donors (Lipinski definition) is 1. The quantitative estimate of drug-likeness (QED) is 0.685. The lowest BCUT2D eigenvalue weighted by atomic mass is 10.0. The Labute approximate surface area is 79.7 Å². The summed E-state index contributed by atoms with van der Waals surface area (Å²) in [6.45, 7) is 0. The molecule has 0 atom stereocenters. The number of rotatable bonds is 1. The molecule has 0 saturated heterocycles. The molecule has 5 nitrogen and oxygen atoms in total. The van der Waals surface area contributed by atoms with Crippen molar-refractivity contribution in [3.63, 3.8) is 0 Å². The van der Waals surface area contributed by atoms with E-state index >= 15 is 0 Å².